The van der Waals surface area contributed by atoms with Crippen LogP contribution in [0.1, 0.15) is 11.1 Å². The first-order valence-electron chi connectivity index (χ1n) is 10.2. The topological polar surface area (TPSA) is 87.4 Å². The highest BCUT2D eigenvalue weighted by Gasteiger charge is 2.29. The van der Waals surface area contributed by atoms with Crippen LogP contribution in [0.25, 0.3) is 0 Å². The number of nitro groups is 1. The van der Waals surface area contributed by atoms with Crippen molar-refractivity contribution in [3.8, 4) is 0 Å². The number of piperazine rings is 1. The van der Waals surface area contributed by atoms with E-state index in [0.717, 1.165) is 25.2 Å². The summed E-state index contributed by atoms with van der Waals surface area (Å²) < 4.78 is 0. The molecule has 0 unspecified atom stereocenters. The zero-order valence-corrected chi connectivity index (χ0v) is 18.8. The van der Waals surface area contributed by atoms with Crippen molar-refractivity contribution >= 4 is 40.5 Å². The Kier molecular flexibility index (Phi) is 7.04. The second-order valence-corrected chi connectivity index (χ2v) is 8.40. The van der Waals surface area contributed by atoms with Gasteiger partial charge in [-0.25, -0.2) is 9.97 Å². The summed E-state index contributed by atoms with van der Waals surface area (Å²) >= 11 is 12.1. The Morgan fingerprint density at radius 3 is 2.31 bits per heavy atom. The van der Waals surface area contributed by atoms with E-state index in [1.807, 2.05) is 23.1 Å². The van der Waals surface area contributed by atoms with Gasteiger partial charge in [0.05, 0.1) is 4.92 Å². The Morgan fingerprint density at radius 2 is 1.66 bits per heavy atom. The first-order valence-corrected chi connectivity index (χ1v) is 10.9. The Hall–Kier alpha value is -2.94. The van der Waals surface area contributed by atoms with Gasteiger partial charge in [-0.15, -0.1) is 0 Å². The van der Waals surface area contributed by atoms with Crippen LogP contribution in [0, 0.1) is 10.1 Å². The minimum absolute atomic E-state index is 0.128. The fourth-order valence-corrected chi connectivity index (χ4v) is 4.33. The number of hydrogen-bond acceptors (Lipinski definition) is 7. The Balaban J connectivity index is 1.46. The normalized spacial score (nSPS) is 14.4. The van der Waals surface area contributed by atoms with Gasteiger partial charge < -0.3 is 10.2 Å². The molecule has 0 spiro atoms. The smallest absolute Gasteiger partial charge is 0.353 e. The maximum atomic E-state index is 11.9. The van der Waals surface area contributed by atoms with E-state index in [1.165, 1.54) is 11.9 Å². The molecule has 0 atom stereocenters. The molecule has 166 valence electrons. The standard InChI is InChI=1S/C22H22Cl2N6O2/c23-18-10-17(11-19(24)12-18)13-25-21-20(30(31)32)22(27-15-26-21)29-8-6-28(7-9-29)14-16-4-2-1-3-5-16/h1-5,10-12,15H,6-9,13-14H2,(H,25,26,27). The van der Waals surface area contributed by atoms with E-state index in [9.17, 15) is 10.1 Å². The number of benzene rings is 2. The Labute approximate surface area is 195 Å². The molecule has 1 aromatic heterocycles. The molecule has 32 heavy (non-hydrogen) atoms. The number of aromatic nitrogens is 2. The second-order valence-electron chi connectivity index (χ2n) is 7.53. The van der Waals surface area contributed by atoms with E-state index in [1.54, 1.807) is 18.2 Å². The molecule has 1 aliphatic rings. The van der Waals surface area contributed by atoms with Gasteiger partial charge >= 0.3 is 5.69 Å². The van der Waals surface area contributed by atoms with Crippen molar-refractivity contribution in [2.24, 2.45) is 0 Å². The molecule has 1 fully saturated rings. The zero-order chi connectivity index (χ0) is 22.5. The maximum absolute atomic E-state index is 11.9. The van der Waals surface area contributed by atoms with Gasteiger partial charge in [0.25, 0.3) is 0 Å². The van der Waals surface area contributed by atoms with E-state index in [4.69, 9.17) is 23.2 Å². The quantitative estimate of drug-likeness (QED) is 0.396. The highest BCUT2D eigenvalue weighted by Crippen LogP contribution is 2.33. The van der Waals surface area contributed by atoms with Crippen molar-refractivity contribution < 1.29 is 4.92 Å². The number of halogens is 2. The summed E-state index contributed by atoms with van der Waals surface area (Å²) in [7, 11) is 0. The van der Waals surface area contributed by atoms with E-state index >= 15 is 0 Å². The molecule has 0 radical (unpaired) electrons. The Bertz CT molecular complexity index is 1070. The fourth-order valence-electron chi connectivity index (χ4n) is 3.76. The molecule has 8 nitrogen and oxygen atoms in total. The molecule has 4 rings (SSSR count). The van der Waals surface area contributed by atoms with Crippen LogP contribution >= 0.6 is 23.2 Å². The number of nitrogens with zero attached hydrogens (tertiary/aromatic N) is 5. The van der Waals surface area contributed by atoms with Crippen molar-refractivity contribution in [1.82, 2.24) is 14.9 Å². The second kappa shape index (κ2) is 10.1. The monoisotopic (exact) mass is 472 g/mol. The minimum atomic E-state index is -0.432. The fraction of sp³-hybridized carbons (Fsp3) is 0.273. The van der Waals surface area contributed by atoms with Crippen LogP contribution in [-0.2, 0) is 13.1 Å². The van der Waals surface area contributed by atoms with Crippen LogP contribution in [0.3, 0.4) is 0 Å². The van der Waals surface area contributed by atoms with Gasteiger partial charge in [0.1, 0.15) is 6.33 Å². The highest BCUT2D eigenvalue weighted by atomic mass is 35.5. The molecule has 3 aromatic rings. The van der Waals surface area contributed by atoms with Gasteiger partial charge in [-0.2, -0.15) is 0 Å². The molecule has 2 aromatic carbocycles. The third-order valence-electron chi connectivity index (χ3n) is 5.29. The predicted octanol–water partition coefficient (Wildman–Crippen LogP) is 4.63. The lowest BCUT2D eigenvalue weighted by Gasteiger charge is -2.35. The molecule has 0 amide bonds. The zero-order valence-electron chi connectivity index (χ0n) is 17.2. The average Bonchev–Trinajstić information content (AvgIpc) is 2.78. The molecule has 1 aliphatic heterocycles. The molecule has 1 N–H and O–H groups in total. The van der Waals surface area contributed by atoms with Crippen LogP contribution in [0.4, 0.5) is 17.3 Å². The van der Waals surface area contributed by atoms with Gasteiger partial charge in [0.2, 0.25) is 11.6 Å². The largest absolute Gasteiger partial charge is 0.360 e. The van der Waals surface area contributed by atoms with Gasteiger partial charge in [0.15, 0.2) is 0 Å². The summed E-state index contributed by atoms with van der Waals surface area (Å²) in [6.45, 7) is 4.03. The highest BCUT2D eigenvalue weighted by molar-refractivity contribution is 6.34. The first kappa shape index (κ1) is 22.3. The maximum Gasteiger partial charge on any atom is 0.353 e. The van der Waals surface area contributed by atoms with Gasteiger partial charge in [-0.3, -0.25) is 15.0 Å². The Morgan fingerprint density at radius 1 is 0.969 bits per heavy atom. The van der Waals surface area contributed by atoms with Crippen molar-refractivity contribution in [2.75, 3.05) is 36.4 Å². The first-order chi connectivity index (χ1) is 15.5. The lowest BCUT2D eigenvalue weighted by atomic mass is 10.2. The molecule has 0 aliphatic carbocycles. The van der Waals surface area contributed by atoms with Crippen molar-refractivity contribution in [2.45, 2.75) is 13.1 Å². The van der Waals surface area contributed by atoms with Gasteiger partial charge in [-0.1, -0.05) is 53.5 Å². The van der Waals surface area contributed by atoms with Crippen molar-refractivity contribution in [3.63, 3.8) is 0 Å². The molecule has 1 saturated heterocycles. The minimum Gasteiger partial charge on any atom is -0.360 e. The summed E-state index contributed by atoms with van der Waals surface area (Å²) in [5.74, 6) is 0.499. The SMILES string of the molecule is O=[N+]([O-])c1c(NCc2cc(Cl)cc(Cl)c2)ncnc1N1CCN(Cc2ccccc2)CC1. The summed E-state index contributed by atoms with van der Waals surface area (Å²) in [5, 5.41) is 16.0. The van der Waals surface area contributed by atoms with Crippen LogP contribution in [0.2, 0.25) is 10.0 Å². The molecular weight excluding hydrogens is 451 g/mol. The number of anilines is 2. The third kappa shape index (κ3) is 5.45. The van der Waals surface area contributed by atoms with E-state index < -0.39 is 4.92 Å². The number of hydrogen-bond donors (Lipinski definition) is 1. The van der Waals surface area contributed by atoms with Crippen LogP contribution in [0.5, 0.6) is 0 Å². The summed E-state index contributed by atoms with van der Waals surface area (Å²) in [5.41, 5.74) is 1.92. The molecule has 2 heterocycles. The van der Waals surface area contributed by atoms with E-state index in [2.05, 4.69) is 32.3 Å². The van der Waals surface area contributed by atoms with Crippen LogP contribution in [0.15, 0.2) is 54.9 Å². The lowest BCUT2D eigenvalue weighted by molar-refractivity contribution is -0.383. The third-order valence-corrected chi connectivity index (χ3v) is 5.73. The molecule has 0 saturated carbocycles. The number of rotatable bonds is 7. The summed E-state index contributed by atoms with van der Waals surface area (Å²) in [6.07, 6.45) is 1.35. The van der Waals surface area contributed by atoms with E-state index in [-0.39, 0.29) is 11.5 Å². The molecular formula is C22H22Cl2N6O2. The van der Waals surface area contributed by atoms with Crippen LogP contribution in [-0.4, -0.2) is 46.0 Å². The van der Waals surface area contributed by atoms with Crippen molar-refractivity contribution in [1.29, 1.82) is 0 Å². The average molecular weight is 473 g/mol. The number of nitrogens with one attached hydrogen (secondary N) is 1. The van der Waals surface area contributed by atoms with Crippen molar-refractivity contribution in [3.05, 3.63) is 86.1 Å². The summed E-state index contributed by atoms with van der Waals surface area (Å²) in [6, 6.07) is 15.4. The van der Waals surface area contributed by atoms with Gasteiger partial charge in [-0.05, 0) is 29.3 Å². The molecule has 0 bridgehead atoms. The lowest BCUT2D eigenvalue weighted by Crippen LogP contribution is -2.46. The van der Waals surface area contributed by atoms with E-state index in [0.29, 0.717) is 35.5 Å². The summed E-state index contributed by atoms with van der Waals surface area (Å²) in [4.78, 5) is 24.1. The van der Waals surface area contributed by atoms with Gasteiger partial charge in [0, 0.05) is 49.3 Å². The predicted molar refractivity (Wildman–Crippen MR) is 126 cm³/mol. The van der Waals surface area contributed by atoms with Crippen LogP contribution < -0.4 is 10.2 Å². The molecule has 10 heteroatoms.